The highest BCUT2D eigenvalue weighted by Gasteiger charge is 2.42. The molecule has 1 aromatic rings. The summed E-state index contributed by atoms with van der Waals surface area (Å²) in [4.78, 5) is 23.8. The smallest absolute Gasteiger partial charge is 0.309 e. The quantitative estimate of drug-likeness (QED) is 0.815. The SMILES string of the molecule is Cc1ccc(CNC(=O)C(=O)NC[C@@H]2COC3(CCCCC3)O2)cc1. The predicted molar refractivity (Wildman–Crippen MR) is 92.7 cm³/mol. The first-order chi connectivity index (χ1) is 12.1. The number of carbonyl (C=O) groups is 2. The summed E-state index contributed by atoms with van der Waals surface area (Å²) in [5.74, 6) is -1.73. The van der Waals surface area contributed by atoms with Crippen LogP contribution in [0.4, 0.5) is 0 Å². The van der Waals surface area contributed by atoms with Gasteiger partial charge in [-0.05, 0) is 25.3 Å². The van der Waals surface area contributed by atoms with E-state index in [-0.39, 0.29) is 6.10 Å². The minimum absolute atomic E-state index is 0.188. The summed E-state index contributed by atoms with van der Waals surface area (Å²) in [5, 5.41) is 5.26. The lowest BCUT2D eigenvalue weighted by Crippen LogP contribution is -2.43. The number of nitrogens with one attached hydrogen (secondary N) is 2. The Morgan fingerprint density at radius 1 is 1.08 bits per heavy atom. The van der Waals surface area contributed by atoms with Crippen LogP contribution < -0.4 is 10.6 Å². The molecule has 1 aliphatic heterocycles. The molecular weight excluding hydrogens is 320 g/mol. The van der Waals surface area contributed by atoms with Crippen LogP contribution in [-0.4, -0.2) is 36.9 Å². The number of hydrogen-bond donors (Lipinski definition) is 2. The molecule has 6 heteroatoms. The second kappa shape index (κ2) is 7.97. The number of aryl methyl sites for hydroxylation is 1. The fourth-order valence-electron chi connectivity index (χ4n) is 3.33. The van der Waals surface area contributed by atoms with Crippen LogP contribution >= 0.6 is 0 Å². The van der Waals surface area contributed by atoms with E-state index < -0.39 is 17.6 Å². The molecule has 2 N–H and O–H groups in total. The highest BCUT2D eigenvalue weighted by molar-refractivity contribution is 6.35. The van der Waals surface area contributed by atoms with Gasteiger partial charge in [0.25, 0.3) is 0 Å². The Kier molecular flexibility index (Phi) is 5.71. The fourth-order valence-corrected chi connectivity index (χ4v) is 3.33. The molecule has 2 aliphatic rings. The van der Waals surface area contributed by atoms with Crippen molar-refractivity contribution in [2.45, 2.75) is 57.5 Å². The maximum Gasteiger partial charge on any atom is 0.309 e. The third kappa shape index (κ3) is 4.80. The van der Waals surface area contributed by atoms with Crippen LogP contribution in [-0.2, 0) is 25.6 Å². The second-order valence-electron chi connectivity index (χ2n) is 6.90. The van der Waals surface area contributed by atoms with E-state index in [4.69, 9.17) is 9.47 Å². The molecule has 136 valence electrons. The molecule has 1 atom stereocenters. The zero-order valence-corrected chi connectivity index (χ0v) is 14.7. The lowest BCUT2D eigenvalue weighted by atomic mass is 9.94. The maximum atomic E-state index is 11.9. The van der Waals surface area contributed by atoms with Crippen molar-refractivity contribution in [2.75, 3.05) is 13.2 Å². The van der Waals surface area contributed by atoms with Gasteiger partial charge in [0, 0.05) is 25.9 Å². The molecule has 1 spiro atoms. The van der Waals surface area contributed by atoms with Crippen molar-refractivity contribution in [1.29, 1.82) is 0 Å². The van der Waals surface area contributed by atoms with E-state index in [1.165, 1.54) is 6.42 Å². The first-order valence-corrected chi connectivity index (χ1v) is 9.00. The summed E-state index contributed by atoms with van der Waals surface area (Å²) < 4.78 is 11.8. The molecule has 1 heterocycles. The van der Waals surface area contributed by atoms with Crippen molar-refractivity contribution in [3.63, 3.8) is 0 Å². The van der Waals surface area contributed by atoms with Gasteiger partial charge in [0.2, 0.25) is 0 Å². The first kappa shape index (κ1) is 17.9. The highest BCUT2D eigenvalue weighted by atomic mass is 16.7. The third-order valence-electron chi connectivity index (χ3n) is 4.80. The van der Waals surface area contributed by atoms with Gasteiger partial charge in [0.1, 0.15) is 6.10 Å². The van der Waals surface area contributed by atoms with Gasteiger partial charge in [-0.15, -0.1) is 0 Å². The number of ether oxygens (including phenoxy) is 2. The minimum Gasteiger partial charge on any atom is -0.347 e. The van der Waals surface area contributed by atoms with Crippen molar-refractivity contribution in [3.05, 3.63) is 35.4 Å². The van der Waals surface area contributed by atoms with Crippen LogP contribution in [0, 0.1) is 6.92 Å². The molecule has 2 amide bonds. The highest BCUT2D eigenvalue weighted by Crippen LogP contribution is 2.37. The molecule has 1 saturated heterocycles. The Bertz CT molecular complexity index is 608. The van der Waals surface area contributed by atoms with Crippen molar-refractivity contribution < 1.29 is 19.1 Å². The Hall–Kier alpha value is -1.92. The summed E-state index contributed by atoms with van der Waals surface area (Å²) in [6.07, 6.45) is 5.08. The van der Waals surface area contributed by atoms with Crippen LogP contribution in [0.3, 0.4) is 0 Å². The average molecular weight is 346 g/mol. The average Bonchev–Trinajstić information content (AvgIpc) is 3.02. The van der Waals surface area contributed by atoms with E-state index in [1.54, 1.807) is 0 Å². The third-order valence-corrected chi connectivity index (χ3v) is 4.80. The largest absolute Gasteiger partial charge is 0.347 e. The van der Waals surface area contributed by atoms with E-state index in [0.717, 1.165) is 36.8 Å². The maximum absolute atomic E-state index is 11.9. The summed E-state index contributed by atoms with van der Waals surface area (Å²) in [7, 11) is 0. The van der Waals surface area contributed by atoms with E-state index in [0.29, 0.717) is 19.7 Å². The van der Waals surface area contributed by atoms with Gasteiger partial charge >= 0.3 is 11.8 Å². The molecule has 0 unspecified atom stereocenters. The molecule has 3 rings (SSSR count). The van der Waals surface area contributed by atoms with Gasteiger partial charge in [-0.25, -0.2) is 0 Å². The first-order valence-electron chi connectivity index (χ1n) is 9.00. The lowest BCUT2D eigenvalue weighted by molar-refractivity contribution is -0.186. The monoisotopic (exact) mass is 346 g/mol. The van der Waals surface area contributed by atoms with Crippen LogP contribution in [0.2, 0.25) is 0 Å². The van der Waals surface area contributed by atoms with E-state index in [1.807, 2.05) is 31.2 Å². The van der Waals surface area contributed by atoms with E-state index in [2.05, 4.69) is 10.6 Å². The molecule has 0 radical (unpaired) electrons. The van der Waals surface area contributed by atoms with Crippen molar-refractivity contribution in [2.24, 2.45) is 0 Å². The van der Waals surface area contributed by atoms with Gasteiger partial charge in [-0.2, -0.15) is 0 Å². The molecule has 1 saturated carbocycles. The molecule has 2 fully saturated rings. The molecular formula is C19H26N2O4. The van der Waals surface area contributed by atoms with Gasteiger partial charge in [0.15, 0.2) is 5.79 Å². The molecule has 1 aliphatic carbocycles. The normalized spacial score (nSPS) is 21.9. The summed E-state index contributed by atoms with van der Waals surface area (Å²) in [6.45, 7) is 3.09. The summed E-state index contributed by atoms with van der Waals surface area (Å²) >= 11 is 0. The Balaban J connectivity index is 1.38. The van der Waals surface area contributed by atoms with Gasteiger partial charge in [-0.3, -0.25) is 9.59 Å². The number of amides is 2. The van der Waals surface area contributed by atoms with Crippen molar-refractivity contribution in [3.8, 4) is 0 Å². The molecule has 1 aromatic carbocycles. The predicted octanol–water partition coefficient (Wildman–Crippen LogP) is 1.80. The number of rotatable bonds is 4. The number of carbonyl (C=O) groups excluding carboxylic acids is 2. The van der Waals surface area contributed by atoms with Gasteiger partial charge < -0.3 is 20.1 Å². The van der Waals surface area contributed by atoms with E-state index >= 15 is 0 Å². The van der Waals surface area contributed by atoms with Crippen molar-refractivity contribution in [1.82, 2.24) is 10.6 Å². The Morgan fingerprint density at radius 2 is 1.76 bits per heavy atom. The summed E-state index contributed by atoms with van der Waals surface area (Å²) in [5.41, 5.74) is 2.11. The van der Waals surface area contributed by atoms with Crippen LogP contribution in [0.1, 0.15) is 43.2 Å². The zero-order chi connectivity index (χ0) is 17.7. The van der Waals surface area contributed by atoms with Gasteiger partial charge in [0.05, 0.1) is 6.61 Å². The molecule has 0 bridgehead atoms. The standard InChI is InChI=1S/C19H26N2O4/c1-14-5-7-15(8-6-14)11-20-17(22)18(23)21-12-16-13-24-19(25-16)9-3-2-4-10-19/h5-8,16H,2-4,9-13H2,1H3,(H,20,22)(H,21,23)/t16-/m1/s1. The topological polar surface area (TPSA) is 76.7 Å². The second-order valence-corrected chi connectivity index (χ2v) is 6.90. The van der Waals surface area contributed by atoms with Crippen molar-refractivity contribution >= 4 is 11.8 Å². The summed E-state index contributed by atoms with van der Waals surface area (Å²) in [6, 6.07) is 7.81. The Labute approximate surface area is 148 Å². The Morgan fingerprint density at radius 3 is 2.48 bits per heavy atom. The zero-order valence-electron chi connectivity index (χ0n) is 14.7. The molecule has 6 nitrogen and oxygen atoms in total. The fraction of sp³-hybridized carbons (Fsp3) is 0.579. The van der Waals surface area contributed by atoms with Crippen LogP contribution in [0.25, 0.3) is 0 Å². The van der Waals surface area contributed by atoms with Crippen LogP contribution in [0.15, 0.2) is 24.3 Å². The van der Waals surface area contributed by atoms with Gasteiger partial charge in [-0.1, -0.05) is 36.2 Å². The number of hydrogen-bond acceptors (Lipinski definition) is 4. The molecule has 0 aromatic heterocycles. The molecule has 25 heavy (non-hydrogen) atoms. The van der Waals surface area contributed by atoms with Crippen LogP contribution in [0.5, 0.6) is 0 Å². The van der Waals surface area contributed by atoms with E-state index in [9.17, 15) is 9.59 Å². The minimum atomic E-state index is -0.639. The lowest BCUT2D eigenvalue weighted by Gasteiger charge is -2.31. The number of benzene rings is 1.